The molecule has 0 atom stereocenters. The van der Waals surface area contributed by atoms with Gasteiger partial charge in [0.1, 0.15) is 0 Å². The number of halogens is 1. The van der Waals surface area contributed by atoms with Gasteiger partial charge in [0.15, 0.2) is 5.69 Å². The van der Waals surface area contributed by atoms with E-state index in [1.165, 1.54) is 13.3 Å². The van der Waals surface area contributed by atoms with E-state index in [2.05, 4.69) is 15.0 Å². The first kappa shape index (κ1) is 12.4. The predicted octanol–water partition coefficient (Wildman–Crippen LogP) is 2.29. The van der Waals surface area contributed by atoms with E-state index in [0.717, 1.165) is 5.56 Å². The molecule has 0 spiro atoms. The number of nitrogens with zero attached hydrogens (tertiary/aromatic N) is 3. The SMILES string of the molecule is COC(=O)c1ncccc1-c1nc(Cl)ncc1C. The van der Waals surface area contributed by atoms with Gasteiger partial charge in [-0.15, -0.1) is 0 Å². The Morgan fingerprint density at radius 3 is 2.89 bits per heavy atom. The fourth-order valence-electron chi connectivity index (χ4n) is 1.55. The number of carbonyl (C=O) groups excluding carboxylic acids is 1. The highest BCUT2D eigenvalue weighted by Crippen LogP contribution is 2.24. The lowest BCUT2D eigenvalue weighted by atomic mass is 10.1. The minimum atomic E-state index is -0.514. The molecule has 0 amide bonds. The Morgan fingerprint density at radius 2 is 2.17 bits per heavy atom. The lowest BCUT2D eigenvalue weighted by molar-refractivity contribution is 0.0595. The van der Waals surface area contributed by atoms with E-state index < -0.39 is 5.97 Å². The fourth-order valence-corrected chi connectivity index (χ4v) is 1.68. The van der Waals surface area contributed by atoms with Gasteiger partial charge in [0.2, 0.25) is 5.28 Å². The molecular weight excluding hydrogens is 254 g/mol. The van der Waals surface area contributed by atoms with Gasteiger partial charge in [0.25, 0.3) is 0 Å². The van der Waals surface area contributed by atoms with Gasteiger partial charge >= 0.3 is 5.97 Å². The van der Waals surface area contributed by atoms with Gasteiger partial charge in [-0.3, -0.25) is 0 Å². The molecule has 0 saturated carbocycles. The number of esters is 1. The second kappa shape index (κ2) is 5.10. The van der Waals surface area contributed by atoms with E-state index in [9.17, 15) is 4.79 Å². The van der Waals surface area contributed by atoms with Crippen LogP contribution in [0.5, 0.6) is 0 Å². The third kappa shape index (κ3) is 2.31. The first-order valence-corrected chi connectivity index (χ1v) is 5.54. The minimum absolute atomic E-state index is 0.121. The van der Waals surface area contributed by atoms with Crippen LogP contribution in [-0.4, -0.2) is 28.0 Å². The molecule has 0 N–H and O–H groups in total. The van der Waals surface area contributed by atoms with Crippen LogP contribution in [0.25, 0.3) is 11.3 Å². The smallest absolute Gasteiger partial charge is 0.357 e. The predicted molar refractivity (Wildman–Crippen MR) is 66.3 cm³/mol. The van der Waals surface area contributed by atoms with Crippen molar-refractivity contribution in [3.63, 3.8) is 0 Å². The third-order valence-corrected chi connectivity index (χ3v) is 2.57. The average Bonchev–Trinajstić information content (AvgIpc) is 2.40. The molecule has 0 aliphatic carbocycles. The number of aryl methyl sites for hydroxylation is 1. The topological polar surface area (TPSA) is 65.0 Å². The fraction of sp³-hybridized carbons (Fsp3) is 0.167. The van der Waals surface area contributed by atoms with Crippen molar-refractivity contribution in [3.05, 3.63) is 41.1 Å². The van der Waals surface area contributed by atoms with Gasteiger partial charge in [-0.05, 0) is 36.2 Å². The maximum absolute atomic E-state index is 11.6. The van der Waals surface area contributed by atoms with E-state index in [-0.39, 0.29) is 11.0 Å². The Bertz CT molecular complexity index is 602. The maximum atomic E-state index is 11.6. The van der Waals surface area contributed by atoms with Gasteiger partial charge in [-0.2, -0.15) is 0 Å². The van der Waals surface area contributed by atoms with E-state index in [0.29, 0.717) is 11.3 Å². The van der Waals surface area contributed by atoms with E-state index >= 15 is 0 Å². The number of pyridine rings is 1. The van der Waals surface area contributed by atoms with Crippen LogP contribution in [0, 0.1) is 6.92 Å². The molecule has 0 aliphatic rings. The van der Waals surface area contributed by atoms with Crippen LogP contribution in [0.3, 0.4) is 0 Å². The van der Waals surface area contributed by atoms with Crippen molar-refractivity contribution in [2.45, 2.75) is 6.92 Å². The number of ether oxygens (including phenoxy) is 1. The van der Waals surface area contributed by atoms with Gasteiger partial charge in [0.05, 0.1) is 12.8 Å². The maximum Gasteiger partial charge on any atom is 0.357 e. The monoisotopic (exact) mass is 263 g/mol. The summed E-state index contributed by atoms with van der Waals surface area (Å²) in [4.78, 5) is 23.7. The van der Waals surface area contributed by atoms with E-state index in [4.69, 9.17) is 16.3 Å². The molecule has 18 heavy (non-hydrogen) atoms. The summed E-state index contributed by atoms with van der Waals surface area (Å²) in [6.45, 7) is 1.83. The molecular formula is C12H10ClN3O2. The zero-order valence-corrected chi connectivity index (χ0v) is 10.6. The molecule has 92 valence electrons. The molecule has 0 fully saturated rings. The van der Waals surface area contributed by atoms with Crippen molar-refractivity contribution < 1.29 is 9.53 Å². The number of aromatic nitrogens is 3. The molecule has 2 aromatic heterocycles. The summed E-state index contributed by atoms with van der Waals surface area (Å²) in [5.41, 5.74) is 2.16. The summed E-state index contributed by atoms with van der Waals surface area (Å²) >= 11 is 5.77. The second-order valence-corrected chi connectivity index (χ2v) is 3.90. The molecule has 2 heterocycles. The number of methoxy groups -OCH3 is 1. The molecule has 0 bridgehead atoms. The highest BCUT2D eigenvalue weighted by molar-refractivity contribution is 6.28. The van der Waals surface area contributed by atoms with Crippen LogP contribution < -0.4 is 0 Å². The quantitative estimate of drug-likeness (QED) is 0.614. The van der Waals surface area contributed by atoms with Crippen molar-refractivity contribution in [2.75, 3.05) is 7.11 Å². The summed E-state index contributed by atoms with van der Waals surface area (Å²) in [6.07, 6.45) is 3.12. The van der Waals surface area contributed by atoms with Crippen molar-refractivity contribution in [1.29, 1.82) is 0 Å². The average molecular weight is 264 g/mol. The Balaban J connectivity index is 2.64. The molecule has 5 nitrogen and oxygen atoms in total. The minimum Gasteiger partial charge on any atom is -0.464 e. The molecule has 2 rings (SSSR count). The van der Waals surface area contributed by atoms with Crippen molar-refractivity contribution in [2.24, 2.45) is 0 Å². The van der Waals surface area contributed by atoms with Gasteiger partial charge in [-0.25, -0.2) is 19.7 Å². The summed E-state index contributed by atoms with van der Waals surface area (Å²) in [7, 11) is 1.31. The highest BCUT2D eigenvalue weighted by atomic mass is 35.5. The van der Waals surface area contributed by atoms with E-state index in [1.807, 2.05) is 6.92 Å². The van der Waals surface area contributed by atoms with Crippen LogP contribution in [0.4, 0.5) is 0 Å². The molecule has 0 radical (unpaired) electrons. The van der Waals surface area contributed by atoms with Crippen LogP contribution >= 0.6 is 11.6 Å². The molecule has 0 aromatic carbocycles. The van der Waals surface area contributed by atoms with Crippen molar-refractivity contribution >= 4 is 17.6 Å². The molecule has 6 heteroatoms. The van der Waals surface area contributed by atoms with Gasteiger partial charge in [-0.1, -0.05) is 0 Å². The zero-order valence-electron chi connectivity index (χ0n) is 9.85. The van der Waals surface area contributed by atoms with Crippen LogP contribution in [-0.2, 0) is 4.74 Å². The molecule has 2 aromatic rings. The van der Waals surface area contributed by atoms with Crippen molar-refractivity contribution in [1.82, 2.24) is 15.0 Å². The van der Waals surface area contributed by atoms with Gasteiger partial charge in [0, 0.05) is 18.0 Å². The number of hydrogen-bond donors (Lipinski definition) is 0. The lowest BCUT2D eigenvalue weighted by Crippen LogP contribution is -2.07. The second-order valence-electron chi connectivity index (χ2n) is 3.56. The summed E-state index contributed by atoms with van der Waals surface area (Å²) < 4.78 is 4.69. The summed E-state index contributed by atoms with van der Waals surface area (Å²) in [5, 5.41) is 0.121. The Labute approximate surface area is 109 Å². The Morgan fingerprint density at radius 1 is 1.39 bits per heavy atom. The number of rotatable bonds is 2. The lowest BCUT2D eigenvalue weighted by Gasteiger charge is -2.08. The molecule has 0 unspecified atom stereocenters. The third-order valence-electron chi connectivity index (χ3n) is 2.38. The summed E-state index contributed by atoms with van der Waals surface area (Å²) in [5.74, 6) is -0.514. The van der Waals surface area contributed by atoms with Crippen LogP contribution in [0.15, 0.2) is 24.5 Å². The molecule has 0 saturated heterocycles. The normalized spacial score (nSPS) is 10.2. The highest BCUT2D eigenvalue weighted by Gasteiger charge is 2.17. The number of carbonyl (C=O) groups is 1. The van der Waals surface area contributed by atoms with Crippen molar-refractivity contribution in [3.8, 4) is 11.3 Å². The Kier molecular flexibility index (Phi) is 3.53. The zero-order chi connectivity index (χ0) is 13.1. The Hall–Kier alpha value is -2.01. The van der Waals surface area contributed by atoms with Crippen LogP contribution in [0.2, 0.25) is 5.28 Å². The first-order chi connectivity index (χ1) is 8.63. The van der Waals surface area contributed by atoms with Crippen LogP contribution in [0.1, 0.15) is 16.1 Å². The standard InChI is InChI=1S/C12H10ClN3O2/c1-7-6-15-12(13)16-9(7)8-4-3-5-14-10(8)11(17)18-2/h3-6H,1-2H3. The van der Waals surface area contributed by atoms with E-state index in [1.54, 1.807) is 18.3 Å². The summed E-state index contributed by atoms with van der Waals surface area (Å²) in [6, 6.07) is 3.46. The molecule has 0 aliphatic heterocycles. The number of hydrogen-bond acceptors (Lipinski definition) is 5. The largest absolute Gasteiger partial charge is 0.464 e. The first-order valence-electron chi connectivity index (χ1n) is 5.16. The van der Waals surface area contributed by atoms with Gasteiger partial charge < -0.3 is 4.74 Å².